The lowest BCUT2D eigenvalue weighted by Gasteiger charge is -2.14. The molecule has 0 aromatic carbocycles. The smallest absolute Gasteiger partial charge is 0.421 e. The molecule has 0 spiro atoms. The lowest BCUT2D eigenvalue weighted by atomic mass is 10.2. The predicted octanol–water partition coefficient (Wildman–Crippen LogP) is 3.24. The molecule has 2 N–H and O–H groups in total. The van der Waals surface area contributed by atoms with Gasteiger partial charge in [-0.05, 0) is 38.3 Å². The molecule has 0 amide bonds. The van der Waals surface area contributed by atoms with Crippen molar-refractivity contribution >= 4 is 29.9 Å². The van der Waals surface area contributed by atoms with E-state index in [2.05, 4.69) is 20.6 Å². The molecule has 1 unspecified atom stereocenters. The first-order valence-electron chi connectivity index (χ1n) is 9.87. The summed E-state index contributed by atoms with van der Waals surface area (Å²) in [5.74, 6) is 0.152. The number of ether oxygens (including phenoxy) is 3. The summed E-state index contributed by atoms with van der Waals surface area (Å²) in [6.45, 7) is 5.52. The Hall–Kier alpha value is -1.34. The molecule has 172 valence electrons. The van der Waals surface area contributed by atoms with Gasteiger partial charge in [-0.3, -0.25) is 4.99 Å². The maximum absolute atomic E-state index is 12.9. The second kappa shape index (κ2) is 14.6. The third kappa shape index (κ3) is 10.1. The van der Waals surface area contributed by atoms with Crippen LogP contribution in [0.5, 0.6) is 5.88 Å². The van der Waals surface area contributed by atoms with Gasteiger partial charge in [-0.1, -0.05) is 0 Å². The fraction of sp³-hybridized carbons (Fsp3) is 0.684. The van der Waals surface area contributed by atoms with Gasteiger partial charge in [0.05, 0.1) is 19.3 Å². The largest absolute Gasteiger partial charge is 0.475 e. The lowest BCUT2D eigenvalue weighted by Crippen LogP contribution is -2.39. The third-order valence-electron chi connectivity index (χ3n) is 4.10. The van der Waals surface area contributed by atoms with Crippen molar-refractivity contribution < 1.29 is 27.4 Å². The van der Waals surface area contributed by atoms with Crippen molar-refractivity contribution in [3.8, 4) is 5.88 Å². The Bertz CT molecular complexity index is 629. The van der Waals surface area contributed by atoms with Crippen LogP contribution in [-0.2, 0) is 15.7 Å². The summed E-state index contributed by atoms with van der Waals surface area (Å²) in [5.41, 5.74) is -0.886. The molecule has 1 aromatic rings. The van der Waals surface area contributed by atoms with Gasteiger partial charge in [0, 0.05) is 32.5 Å². The molecule has 1 aromatic heterocycles. The van der Waals surface area contributed by atoms with Crippen LogP contribution < -0.4 is 15.4 Å². The van der Waals surface area contributed by atoms with Gasteiger partial charge in [-0.15, -0.1) is 24.0 Å². The first-order valence-corrected chi connectivity index (χ1v) is 9.87. The number of nitrogens with one attached hydrogen (secondary N) is 2. The fourth-order valence-corrected chi connectivity index (χ4v) is 2.73. The third-order valence-corrected chi connectivity index (χ3v) is 4.10. The minimum absolute atomic E-state index is 0. The molecule has 1 aliphatic heterocycles. The molecule has 2 rings (SSSR count). The molecule has 1 fully saturated rings. The molecule has 1 saturated heterocycles. The maximum Gasteiger partial charge on any atom is 0.421 e. The van der Waals surface area contributed by atoms with Crippen LogP contribution in [0.4, 0.5) is 13.2 Å². The Morgan fingerprint density at radius 3 is 2.87 bits per heavy atom. The van der Waals surface area contributed by atoms with Crippen LogP contribution in [0.2, 0.25) is 0 Å². The highest BCUT2D eigenvalue weighted by molar-refractivity contribution is 14.0. The van der Waals surface area contributed by atoms with Crippen molar-refractivity contribution in [3.63, 3.8) is 0 Å². The van der Waals surface area contributed by atoms with E-state index in [1.165, 1.54) is 12.3 Å². The topological polar surface area (TPSA) is 77.0 Å². The van der Waals surface area contributed by atoms with Crippen molar-refractivity contribution in [2.24, 2.45) is 4.99 Å². The average molecular weight is 546 g/mol. The van der Waals surface area contributed by atoms with Crippen molar-refractivity contribution in [3.05, 3.63) is 23.9 Å². The zero-order chi connectivity index (χ0) is 21.0. The summed E-state index contributed by atoms with van der Waals surface area (Å²) in [4.78, 5) is 8.08. The van der Waals surface area contributed by atoms with E-state index < -0.39 is 17.6 Å². The number of hydrogen-bond acceptors (Lipinski definition) is 5. The Labute approximate surface area is 192 Å². The van der Waals surface area contributed by atoms with Gasteiger partial charge in [0.2, 0.25) is 5.88 Å². The van der Waals surface area contributed by atoms with E-state index >= 15 is 0 Å². The molecule has 1 atom stereocenters. The molecule has 1 aliphatic rings. The fourth-order valence-electron chi connectivity index (χ4n) is 2.73. The highest BCUT2D eigenvalue weighted by Gasteiger charge is 2.34. The quantitative estimate of drug-likeness (QED) is 0.192. The van der Waals surface area contributed by atoms with Gasteiger partial charge >= 0.3 is 6.18 Å². The molecular weight excluding hydrogens is 516 g/mol. The number of pyridine rings is 1. The molecular formula is C19H30F3IN4O3. The summed E-state index contributed by atoms with van der Waals surface area (Å²) < 4.78 is 55.0. The van der Waals surface area contributed by atoms with E-state index in [1.54, 1.807) is 0 Å². The van der Waals surface area contributed by atoms with Crippen molar-refractivity contribution in [1.82, 2.24) is 15.6 Å². The van der Waals surface area contributed by atoms with Crippen molar-refractivity contribution in [1.29, 1.82) is 0 Å². The summed E-state index contributed by atoms with van der Waals surface area (Å²) in [7, 11) is 0. The van der Waals surface area contributed by atoms with Gasteiger partial charge in [-0.25, -0.2) is 4.98 Å². The summed E-state index contributed by atoms with van der Waals surface area (Å²) >= 11 is 0. The van der Waals surface area contributed by atoms with Crippen LogP contribution >= 0.6 is 24.0 Å². The molecule has 7 nitrogen and oxygen atoms in total. The van der Waals surface area contributed by atoms with Gasteiger partial charge in [0.1, 0.15) is 12.2 Å². The number of hydrogen-bond donors (Lipinski definition) is 2. The van der Waals surface area contributed by atoms with Crippen LogP contribution in [0.1, 0.15) is 31.7 Å². The second-order valence-corrected chi connectivity index (χ2v) is 6.45. The molecule has 0 bridgehead atoms. The normalized spacial score (nSPS) is 16.8. The van der Waals surface area contributed by atoms with Gasteiger partial charge in [0.15, 0.2) is 5.96 Å². The van der Waals surface area contributed by atoms with Crippen LogP contribution in [0, 0.1) is 0 Å². The summed E-state index contributed by atoms with van der Waals surface area (Å²) in [6.07, 6.45) is -0.101. The van der Waals surface area contributed by atoms with Gasteiger partial charge < -0.3 is 24.8 Å². The van der Waals surface area contributed by atoms with Gasteiger partial charge in [-0.2, -0.15) is 13.2 Å². The first-order chi connectivity index (χ1) is 14.0. The second-order valence-electron chi connectivity index (χ2n) is 6.45. The number of aliphatic imine (C=N–C) groups is 1. The summed E-state index contributed by atoms with van der Waals surface area (Å²) in [5, 5.41) is 6.11. The Balaban J connectivity index is 0.00000450. The standard InChI is InChI=1S/C19H29F3N4O3.HI/c1-2-23-18(25-9-5-11-27-14-15-6-4-12-28-15)26-10-13-29-17-16(19(20,21)22)7-3-8-24-17;/h3,7-8,15H,2,4-6,9-14H2,1H3,(H2,23,25,26);1H. The minimum atomic E-state index is -4.50. The monoisotopic (exact) mass is 546 g/mol. The zero-order valence-corrected chi connectivity index (χ0v) is 19.4. The van der Waals surface area contributed by atoms with E-state index in [1.807, 2.05) is 6.92 Å². The lowest BCUT2D eigenvalue weighted by molar-refractivity contribution is -0.139. The first kappa shape index (κ1) is 26.7. The zero-order valence-electron chi connectivity index (χ0n) is 17.0. The predicted molar refractivity (Wildman–Crippen MR) is 119 cm³/mol. The van der Waals surface area contributed by atoms with E-state index in [0.29, 0.717) is 32.3 Å². The maximum atomic E-state index is 12.9. The molecule has 2 heterocycles. The Kier molecular flexibility index (Phi) is 13.0. The van der Waals surface area contributed by atoms with Crippen molar-refractivity contribution in [2.75, 3.05) is 46.1 Å². The highest BCUT2D eigenvalue weighted by atomic mass is 127. The van der Waals surface area contributed by atoms with Crippen molar-refractivity contribution in [2.45, 2.75) is 38.5 Å². The Morgan fingerprint density at radius 1 is 1.33 bits per heavy atom. The van der Waals surface area contributed by atoms with E-state index in [4.69, 9.17) is 14.2 Å². The van der Waals surface area contributed by atoms with E-state index in [9.17, 15) is 13.2 Å². The van der Waals surface area contributed by atoms with Crippen LogP contribution in [0.25, 0.3) is 0 Å². The molecule has 11 heteroatoms. The number of rotatable bonds is 11. The van der Waals surface area contributed by atoms with Crippen LogP contribution in [0.3, 0.4) is 0 Å². The van der Waals surface area contributed by atoms with E-state index in [0.717, 1.165) is 31.9 Å². The summed E-state index contributed by atoms with van der Waals surface area (Å²) in [6, 6.07) is 2.18. The molecule has 30 heavy (non-hydrogen) atoms. The molecule has 0 saturated carbocycles. The van der Waals surface area contributed by atoms with Crippen LogP contribution in [-0.4, -0.2) is 63.1 Å². The van der Waals surface area contributed by atoms with Gasteiger partial charge in [0.25, 0.3) is 0 Å². The minimum Gasteiger partial charge on any atom is -0.475 e. The SMILES string of the molecule is CCNC(=NCCCOCC1CCCO1)NCCOc1ncccc1C(F)(F)F.I. The number of aromatic nitrogens is 1. The number of nitrogens with zero attached hydrogens (tertiary/aromatic N) is 2. The number of halogens is 4. The van der Waals surface area contributed by atoms with Crippen LogP contribution in [0.15, 0.2) is 23.3 Å². The highest BCUT2D eigenvalue weighted by Crippen LogP contribution is 2.34. The number of alkyl halides is 3. The average Bonchev–Trinajstić information content (AvgIpc) is 3.20. The molecule has 0 aliphatic carbocycles. The molecule has 0 radical (unpaired) electrons. The van der Waals surface area contributed by atoms with E-state index in [-0.39, 0.29) is 43.2 Å². The number of guanidine groups is 1. The Morgan fingerprint density at radius 2 is 2.17 bits per heavy atom.